The van der Waals surface area contributed by atoms with Gasteiger partial charge < -0.3 is 15.5 Å². The third kappa shape index (κ3) is 3.27. The molecular weight excluding hydrogens is 202 g/mol. The van der Waals surface area contributed by atoms with E-state index in [1.54, 1.807) is 12.1 Å². The second-order valence-electron chi connectivity index (χ2n) is 2.97. The Bertz CT molecular complexity index is 281. The molecule has 14 heavy (non-hydrogen) atoms. The van der Waals surface area contributed by atoms with E-state index in [-0.39, 0.29) is 19.3 Å². The number of hydrogen-bond acceptors (Lipinski definition) is 3. The van der Waals surface area contributed by atoms with Crippen LogP contribution in [0.25, 0.3) is 0 Å². The zero-order chi connectivity index (χ0) is 10.4. The lowest BCUT2D eigenvalue weighted by Gasteiger charge is -2.15. The third-order valence-corrected chi connectivity index (χ3v) is 2.17. The van der Waals surface area contributed by atoms with Crippen LogP contribution < -0.4 is 5.32 Å². The van der Waals surface area contributed by atoms with Gasteiger partial charge in [-0.15, -0.1) is 0 Å². The highest BCUT2D eigenvalue weighted by Gasteiger charge is 2.08. The van der Waals surface area contributed by atoms with Crippen molar-refractivity contribution in [2.45, 2.75) is 6.04 Å². The Balaban J connectivity index is 2.68. The van der Waals surface area contributed by atoms with Crippen molar-refractivity contribution in [1.82, 2.24) is 5.32 Å². The van der Waals surface area contributed by atoms with Crippen molar-refractivity contribution < 1.29 is 10.2 Å². The van der Waals surface area contributed by atoms with E-state index < -0.39 is 0 Å². The fraction of sp³-hybridized carbons (Fsp3) is 0.400. The Hall–Kier alpha value is -0.610. The van der Waals surface area contributed by atoms with Gasteiger partial charge in [-0.2, -0.15) is 0 Å². The van der Waals surface area contributed by atoms with Crippen LogP contribution >= 0.6 is 11.6 Å². The molecule has 1 rings (SSSR count). The second kappa shape index (κ2) is 5.98. The van der Waals surface area contributed by atoms with Crippen LogP contribution in [0.3, 0.4) is 0 Å². The van der Waals surface area contributed by atoms with Crippen LogP contribution in [0.15, 0.2) is 24.3 Å². The summed E-state index contributed by atoms with van der Waals surface area (Å²) in [6.45, 7) is 0.495. The van der Waals surface area contributed by atoms with E-state index in [9.17, 15) is 0 Å². The Morgan fingerprint density at radius 2 is 2.14 bits per heavy atom. The first kappa shape index (κ1) is 11.5. The Labute approximate surface area is 88.3 Å². The van der Waals surface area contributed by atoms with E-state index in [2.05, 4.69) is 5.32 Å². The van der Waals surface area contributed by atoms with Crippen molar-refractivity contribution in [1.29, 1.82) is 0 Å². The average molecular weight is 216 g/mol. The van der Waals surface area contributed by atoms with Crippen LogP contribution in [0.5, 0.6) is 0 Å². The molecular formula is C10H14ClNO2. The molecule has 0 amide bonds. The molecule has 0 aliphatic rings. The molecule has 78 valence electrons. The summed E-state index contributed by atoms with van der Waals surface area (Å²) in [5, 5.41) is 21.4. The topological polar surface area (TPSA) is 52.5 Å². The molecule has 0 saturated carbocycles. The van der Waals surface area contributed by atoms with E-state index >= 15 is 0 Å². The summed E-state index contributed by atoms with van der Waals surface area (Å²) < 4.78 is 0. The molecule has 0 aliphatic heterocycles. The smallest absolute Gasteiger partial charge is 0.0626 e. The monoisotopic (exact) mass is 215 g/mol. The summed E-state index contributed by atoms with van der Waals surface area (Å²) in [5.41, 5.74) is 0.924. The van der Waals surface area contributed by atoms with Crippen LogP contribution in [-0.4, -0.2) is 30.0 Å². The molecule has 0 heterocycles. The van der Waals surface area contributed by atoms with Crippen LogP contribution in [-0.2, 0) is 0 Å². The number of aliphatic hydroxyl groups is 2. The molecule has 3 N–H and O–H groups in total. The quantitative estimate of drug-likeness (QED) is 0.686. The van der Waals surface area contributed by atoms with Crippen LogP contribution in [0, 0.1) is 0 Å². The summed E-state index contributed by atoms with van der Waals surface area (Å²) in [6.07, 6.45) is 0. The molecule has 1 unspecified atom stereocenters. The molecule has 1 atom stereocenters. The number of hydrogen-bond donors (Lipinski definition) is 3. The maximum absolute atomic E-state index is 9.11. The lowest BCUT2D eigenvalue weighted by Crippen LogP contribution is -2.27. The van der Waals surface area contributed by atoms with Crippen LogP contribution in [0.1, 0.15) is 11.6 Å². The first-order valence-electron chi connectivity index (χ1n) is 4.48. The third-order valence-electron chi connectivity index (χ3n) is 1.94. The number of benzene rings is 1. The molecule has 0 aromatic heterocycles. The molecule has 0 spiro atoms. The van der Waals surface area contributed by atoms with E-state index in [1.165, 1.54) is 0 Å². The normalized spacial score (nSPS) is 12.8. The van der Waals surface area contributed by atoms with Gasteiger partial charge in [-0.25, -0.2) is 0 Å². The van der Waals surface area contributed by atoms with Gasteiger partial charge in [0.2, 0.25) is 0 Å². The highest BCUT2D eigenvalue weighted by atomic mass is 35.5. The summed E-state index contributed by atoms with van der Waals surface area (Å²) >= 11 is 5.82. The van der Waals surface area contributed by atoms with Gasteiger partial charge in [-0.1, -0.05) is 23.7 Å². The first-order valence-corrected chi connectivity index (χ1v) is 4.86. The average Bonchev–Trinajstić information content (AvgIpc) is 2.19. The van der Waals surface area contributed by atoms with Crippen molar-refractivity contribution in [3.8, 4) is 0 Å². The van der Waals surface area contributed by atoms with Crippen molar-refractivity contribution >= 4 is 11.6 Å². The number of aliphatic hydroxyl groups excluding tert-OH is 2. The Kier molecular flexibility index (Phi) is 4.90. The lowest BCUT2D eigenvalue weighted by atomic mass is 10.1. The van der Waals surface area contributed by atoms with E-state index in [0.29, 0.717) is 11.6 Å². The van der Waals surface area contributed by atoms with Gasteiger partial charge in [-0.3, -0.25) is 0 Å². The van der Waals surface area contributed by atoms with Gasteiger partial charge in [0.25, 0.3) is 0 Å². The fourth-order valence-electron chi connectivity index (χ4n) is 1.25. The van der Waals surface area contributed by atoms with Crippen molar-refractivity contribution in [2.24, 2.45) is 0 Å². The van der Waals surface area contributed by atoms with Gasteiger partial charge in [0.05, 0.1) is 19.3 Å². The van der Waals surface area contributed by atoms with Crippen LogP contribution in [0.2, 0.25) is 5.02 Å². The summed E-state index contributed by atoms with van der Waals surface area (Å²) in [4.78, 5) is 0. The summed E-state index contributed by atoms with van der Waals surface area (Å²) in [7, 11) is 0. The standard InChI is InChI=1S/C10H14ClNO2/c11-9-3-1-2-8(6-9)10(7-14)12-4-5-13/h1-3,6,10,12-14H,4-5,7H2. The first-order chi connectivity index (χ1) is 6.77. The van der Waals surface area contributed by atoms with E-state index in [0.717, 1.165) is 5.56 Å². The highest BCUT2D eigenvalue weighted by Crippen LogP contribution is 2.17. The van der Waals surface area contributed by atoms with Gasteiger partial charge in [-0.05, 0) is 17.7 Å². The molecule has 0 saturated heterocycles. The van der Waals surface area contributed by atoms with E-state index in [4.69, 9.17) is 21.8 Å². The zero-order valence-electron chi connectivity index (χ0n) is 7.78. The number of nitrogens with one attached hydrogen (secondary N) is 1. The molecule has 0 bridgehead atoms. The van der Waals surface area contributed by atoms with Crippen molar-refractivity contribution in [3.05, 3.63) is 34.9 Å². The summed E-state index contributed by atoms with van der Waals surface area (Å²) in [5.74, 6) is 0. The van der Waals surface area contributed by atoms with Gasteiger partial charge in [0, 0.05) is 11.6 Å². The van der Waals surface area contributed by atoms with Crippen LogP contribution in [0.4, 0.5) is 0 Å². The minimum Gasteiger partial charge on any atom is -0.395 e. The zero-order valence-corrected chi connectivity index (χ0v) is 8.54. The van der Waals surface area contributed by atoms with Crippen molar-refractivity contribution in [2.75, 3.05) is 19.8 Å². The predicted molar refractivity (Wildman–Crippen MR) is 56.4 cm³/mol. The Morgan fingerprint density at radius 3 is 2.71 bits per heavy atom. The molecule has 0 radical (unpaired) electrons. The van der Waals surface area contributed by atoms with Gasteiger partial charge >= 0.3 is 0 Å². The molecule has 0 aliphatic carbocycles. The predicted octanol–water partition coefficient (Wildman–Crippen LogP) is 0.955. The molecule has 4 heteroatoms. The minimum absolute atomic E-state index is 0.0135. The molecule has 1 aromatic rings. The van der Waals surface area contributed by atoms with Crippen molar-refractivity contribution in [3.63, 3.8) is 0 Å². The molecule has 0 fully saturated rings. The van der Waals surface area contributed by atoms with E-state index in [1.807, 2.05) is 12.1 Å². The van der Waals surface area contributed by atoms with Gasteiger partial charge in [0.15, 0.2) is 0 Å². The maximum atomic E-state index is 9.11. The SMILES string of the molecule is OCCNC(CO)c1cccc(Cl)c1. The number of halogens is 1. The largest absolute Gasteiger partial charge is 0.395 e. The van der Waals surface area contributed by atoms with Gasteiger partial charge in [0.1, 0.15) is 0 Å². The molecule has 1 aromatic carbocycles. The second-order valence-corrected chi connectivity index (χ2v) is 3.40. The highest BCUT2D eigenvalue weighted by molar-refractivity contribution is 6.30. The Morgan fingerprint density at radius 1 is 1.36 bits per heavy atom. The minimum atomic E-state index is -0.166. The number of rotatable bonds is 5. The fourth-order valence-corrected chi connectivity index (χ4v) is 1.45. The summed E-state index contributed by atoms with van der Waals surface area (Å²) in [6, 6.07) is 7.14. The molecule has 3 nitrogen and oxygen atoms in total. The lowest BCUT2D eigenvalue weighted by molar-refractivity contribution is 0.227. The maximum Gasteiger partial charge on any atom is 0.0626 e.